The number of carbonyl (C=O) groups is 1. The van der Waals surface area contributed by atoms with E-state index in [9.17, 15) is 14.3 Å². The Labute approximate surface area is 156 Å². The Hall–Kier alpha value is -2.31. The summed E-state index contributed by atoms with van der Waals surface area (Å²) in [4.78, 5) is 16.5. The van der Waals surface area contributed by atoms with Gasteiger partial charge in [-0.2, -0.15) is 0 Å². The summed E-state index contributed by atoms with van der Waals surface area (Å²) in [6, 6.07) is 9.41. The zero-order valence-corrected chi connectivity index (χ0v) is 15.2. The van der Waals surface area contributed by atoms with Crippen molar-refractivity contribution in [1.29, 1.82) is 0 Å². The van der Waals surface area contributed by atoms with Crippen LogP contribution in [-0.4, -0.2) is 54.1 Å². The van der Waals surface area contributed by atoms with E-state index in [-0.39, 0.29) is 28.2 Å². The molecular formula is C19H20ClFN2O3. The van der Waals surface area contributed by atoms with E-state index in [1.807, 2.05) is 6.07 Å². The van der Waals surface area contributed by atoms with Gasteiger partial charge in [0.25, 0.3) is 5.91 Å². The number of rotatable bonds is 4. The molecule has 3 rings (SSSR count). The topological polar surface area (TPSA) is 53.0 Å². The number of hydrogen-bond acceptors (Lipinski definition) is 4. The molecule has 0 spiro atoms. The largest absolute Gasteiger partial charge is 0.506 e. The smallest absolute Gasteiger partial charge is 0.253 e. The van der Waals surface area contributed by atoms with E-state index in [1.165, 1.54) is 25.3 Å². The molecule has 138 valence electrons. The summed E-state index contributed by atoms with van der Waals surface area (Å²) in [5, 5.41) is 9.63. The fourth-order valence-corrected chi connectivity index (χ4v) is 3.18. The average molecular weight is 379 g/mol. The third kappa shape index (κ3) is 4.08. The highest BCUT2D eigenvalue weighted by Gasteiger charge is 2.23. The van der Waals surface area contributed by atoms with Gasteiger partial charge in [0, 0.05) is 38.3 Å². The summed E-state index contributed by atoms with van der Waals surface area (Å²) in [5.41, 5.74) is 1.33. The Morgan fingerprint density at radius 2 is 1.92 bits per heavy atom. The fourth-order valence-electron chi connectivity index (χ4n) is 3.00. The number of hydrogen-bond donors (Lipinski definition) is 1. The minimum Gasteiger partial charge on any atom is -0.506 e. The maximum atomic E-state index is 13.8. The van der Waals surface area contributed by atoms with Crippen LogP contribution in [0.4, 0.5) is 4.39 Å². The Bertz CT molecular complexity index is 807. The van der Waals surface area contributed by atoms with Crippen molar-refractivity contribution >= 4 is 17.5 Å². The van der Waals surface area contributed by atoms with E-state index in [1.54, 1.807) is 17.0 Å². The highest BCUT2D eigenvalue weighted by atomic mass is 35.5. The average Bonchev–Trinajstić information content (AvgIpc) is 2.64. The summed E-state index contributed by atoms with van der Waals surface area (Å²) in [6.45, 7) is 3.18. The first-order chi connectivity index (χ1) is 12.5. The van der Waals surface area contributed by atoms with Crippen molar-refractivity contribution in [3.05, 3.63) is 58.4 Å². The van der Waals surface area contributed by atoms with Gasteiger partial charge in [-0.1, -0.05) is 17.7 Å². The molecule has 1 heterocycles. The van der Waals surface area contributed by atoms with E-state index in [4.69, 9.17) is 16.3 Å². The van der Waals surface area contributed by atoms with E-state index < -0.39 is 0 Å². The second kappa shape index (κ2) is 7.93. The Kier molecular flexibility index (Phi) is 5.64. The number of piperazine rings is 1. The van der Waals surface area contributed by atoms with Crippen LogP contribution < -0.4 is 4.74 Å². The van der Waals surface area contributed by atoms with Crippen molar-refractivity contribution < 1.29 is 19.0 Å². The molecule has 0 bridgehead atoms. The zero-order valence-electron chi connectivity index (χ0n) is 14.4. The van der Waals surface area contributed by atoms with Gasteiger partial charge >= 0.3 is 0 Å². The molecule has 1 fully saturated rings. The van der Waals surface area contributed by atoms with Crippen LogP contribution in [0.15, 0.2) is 36.4 Å². The number of benzene rings is 2. The predicted molar refractivity (Wildman–Crippen MR) is 97.2 cm³/mol. The second-order valence-corrected chi connectivity index (χ2v) is 6.61. The number of methoxy groups -OCH3 is 1. The van der Waals surface area contributed by atoms with Crippen LogP contribution in [0.2, 0.25) is 5.02 Å². The molecule has 1 N–H and O–H groups in total. The van der Waals surface area contributed by atoms with Crippen LogP contribution in [-0.2, 0) is 6.54 Å². The summed E-state index contributed by atoms with van der Waals surface area (Å²) < 4.78 is 18.7. The summed E-state index contributed by atoms with van der Waals surface area (Å²) >= 11 is 5.88. The first kappa shape index (κ1) is 18.5. The number of amides is 1. The third-order valence-electron chi connectivity index (χ3n) is 4.48. The number of halogens is 2. The maximum Gasteiger partial charge on any atom is 0.253 e. The molecule has 0 radical (unpaired) electrons. The predicted octanol–water partition coefficient (Wildman–Crippen LogP) is 3.15. The van der Waals surface area contributed by atoms with E-state index in [0.29, 0.717) is 38.3 Å². The lowest BCUT2D eigenvalue weighted by Gasteiger charge is -2.34. The van der Waals surface area contributed by atoms with Crippen LogP contribution in [0.3, 0.4) is 0 Å². The number of nitrogens with zero attached hydrogens (tertiary/aromatic N) is 2. The lowest BCUT2D eigenvalue weighted by molar-refractivity contribution is 0.0628. The van der Waals surface area contributed by atoms with Crippen molar-refractivity contribution in [3.8, 4) is 11.5 Å². The van der Waals surface area contributed by atoms with Gasteiger partial charge in [-0.05, 0) is 35.9 Å². The molecule has 2 aromatic rings. The Balaban J connectivity index is 1.57. The molecule has 0 atom stereocenters. The van der Waals surface area contributed by atoms with Gasteiger partial charge in [-0.3, -0.25) is 9.69 Å². The number of phenols is 1. The molecule has 1 aliphatic heterocycles. The van der Waals surface area contributed by atoms with Crippen molar-refractivity contribution in [2.45, 2.75) is 6.54 Å². The Morgan fingerprint density at radius 1 is 1.19 bits per heavy atom. The molecule has 2 aromatic carbocycles. The highest BCUT2D eigenvalue weighted by molar-refractivity contribution is 6.32. The van der Waals surface area contributed by atoms with Crippen LogP contribution in [0.5, 0.6) is 11.5 Å². The highest BCUT2D eigenvalue weighted by Crippen LogP contribution is 2.25. The molecule has 1 saturated heterocycles. The quantitative estimate of drug-likeness (QED) is 0.888. The van der Waals surface area contributed by atoms with Gasteiger partial charge in [0.2, 0.25) is 0 Å². The van der Waals surface area contributed by atoms with Gasteiger partial charge in [0.1, 0.15) is 5.75 Å². The molecule has 0 aromatic heterocycles. The van der Waals surface area contributed by atoms with E-state index in [2.05, 4.69) is 4.90 Å². The first-order valence-corrected chi connectivity index (χ1v) is 8.68. The van der Waals surface area contributed by atoms with Crippen molar-refractivity contribution in [2.24, 2.45) is 0 Å². The minimum atomic E-state index is -0.372. The number of carbonyl (C=O) groups excluding carboxylic acids is 1. The number of ether oxygens (including phenoxy) is 1. The molecule has 7 heteroatoms. The monoisotopic (exact) mass is 378 g/mol. The fraction of sp³-hybridized carbons (Fsp3) is 0.316. The lowest BCUT2D eigenvalue weighted by atomic mass is 10.1. The Morgan fingerprint density at radius 3 is 2.54 bits per heavy atom. The minimum absolute atomic E-state index is 0.0419. The van der Waals surface area contributed by atoms with Crippen molar-refractivity contribution in [3.63, 3.8) is 0 Å². The van der Waals surface area contributed by atoms with Gasteiger partial charge in [-0.25, -0.2) is 4.39 Å². The second-order valence-electron chi connectivity index (χ2n) is 6.20. The lowest BCUT2D eigenvalue weighted by Crippen LogP contribution is -2.48. The SMILES string of the molecule is COc1ccc(CN2CCN(C(=O)c3ccc(O)c(Cl)c3)CC2)cc1F. The maximum absolute atomic E-state index is 13.8. The molecular weight excluding hydrogens is 359 g/mol. The van der Waals surface area contributed by atoms with Crippen molar-refractivity contribution in [2.75, 3.05) is 33.3 Å². The van der Waals surface area contributed by atoms with Gasteiger partial charge in [-0.15, -0.1) is 0 Å². The van der Waals surface area contributed by atoms with Gasteiger partial charge in [0.15, 0.2) is 11.6 Å². The van der Waals surface area contributed by atoms with Crippen molar-refractivity contribution in [1.82, 2.24) is 9.80 Å². The molecule has 0 unspecified atom stereocenters. The molecule has 26 heavy (non-hydrogen) atoms. The van der Waals surface area contributed by atoms with E-state index >= 15 is 0 Å². The first-order valence-electron chi connectivity index (χ1n) is 8.30. The molecule has 0 aliphatic carbocycles. The van der Waals surface area contributed by atoms with E-state index in [0.717, 1.165) is 5.56 Å². The van der Waals surface area contributed by atoms with Gasteiger partial charge < -0.3 is 14.7 Å². The van der Waals surface area contributed by atoms with Crippen LogP contribution >= 0.6 is 11.6 Å². The summed E-state index contributed by atoms with van der Waals surface area (Å²) in [6.07, 6.45) is 0. The number of phenolic OH excluding ortho intramolecular Hbond substituents is 1. The van der Waals surface area contributed by atoms with Crippen LogP contribution in [0.1, 0.15) is 15.9 Å². The number of aromatic hydroxyl groups is 1. The molecule has 1 amide bonds. The molecule has 5 nitrogen and oxygen atoms in total. The standard InChI is InChI=1S/C19H20ClFN2O3/c1-26-18-5-2-13(10-16(18)21)12-22-6-8-23(9-7-22)19(25)14-3-4-17(24)15(20)11-14/h2-5,10-11,24H,6-9,12H2,1H3. The van der Waals surface area contributed by atoms with Gasteiger partial charge in [0.05, 0.1) is 12.1 Å². The third-order valence-corrected chi connectivity index (χ3v) is 4.78. The molecule has 1 aliphatic rings. The molecule has 0 saturated carbocycles. The normalized spacial score (nSPS) is 15.1. The van der Waals surface area contributed by atoms with Crippen LogP contribution in [0, 0.1) is 5.82 Å². The van der Waals surface area contributed by atoms with Crippen LogP contribution in [0.25, 0.3) is 0 Å². The zero-order chi connectivity index (χ0) is 18.7. The summed E-state index contributed by atoms with van der Waals surface area (Å²) in [5.74, 6) is -0.290. The summed E-state index contributed by atoms with van der Waals surface area (Å²) in [7, 11) is 1.44.